The summed E-state index contributed by atoms with van der Waals surface area (Å²) in [4.78, 5) is 2.27. The molecule has 0 saturated heterocycles. The van der Waals surface area contributed by atoms with Crippen LogP contribution in [0.4, 0.5) is 0 Å². The molecule has 0 spiro atoms. The van der Waals surface area contributed by atoms with Gasteiger partial charge in [-0.15, -0.1) is 0 Å². The van der Waals surface area contributed by atoms with Crippen molar-refractivity contribution >= 4 is 0 Å². The van der Waals surface area contributed by atoms with Gasteiger partial charge < -0.3 is 14.8 Å². The maximum absolute atomic E-state index is 5.25. The van der Waals surface area contributed by atoms with Crippen LogP contribution in [0.3, 0.4) is 0 Å². The molecule has 0 amide bonds. The van der Waals surface area contributed by atoms with Gasteiger partial charge in [0.2, 0.25) is 0 Å². The third kappa shape index (κ3) is 8.05. The predicted octanol–water partition coefficient (Wildman–Crippen LogP) is 0.968. The van der Waals surface area contributed by atoms with Crippen LogP contribution in [0, 0.1) is 0 Å². The zero-order valence-corrected chi connectivity index (χ0v) is 11.7. The molecule has 98 valence electrons. The molecule has 1 N–H and O–H groups in total. The molecule has 0 bridgehead atoms. The van der Waals surface area contributed by atoms with Crippen molar-refractivity contribution in [2.75, 3.05) is 47.6 Å². The van der Waals surface area contributed by atoms with Crippen LogP contribution in [0.2, 0.25) is 0 Å². The second-order valence-electron chi connectivity index (χ2n) is 5.21. The van der Waals surface area contributed by atoms with Crippen molar-refractivity contribution in [2.45, 2.75) is 32.4 Å². The Morgan fingerprint density at radius 1 is 1.19 bits per heavy atom. The van der Waals surface area contributed by atoms with E-state index in [9.17, 15) is 0 Å². The van der Waals surface area contributed by atoms with E-state index >= 15 is 0 Å². The van der Waals surface area contributed by atoms with Gasteiger partial charge in [-0.05, 0) is 27.8 Å². The molecule has 0 rings (SSSR count). The lowest BCUT2D eigenvalue weighted by Gasteiger charge is -2.31. The molecule has 1 atom stereocenters. The smallest absolute Gasteiger partial charge is 0.0630 e. The van der Waals surface area contributed by atoms with E-state index < -0.39 is 0 Å². The van der Waals surface area contributed by atoms with Crippen LogP contribution in [0.5, 0.6) is 0 Å². The number of likely N-dealkylation sites (N-methyl/N-ethyl adjacent to an activating group) is 1. The maximum Gasteiger partial charge on any atom is 0.0630 e. The number of hydrogen-bond acceptors (Lipinski definition) is 4. The average Bonchev–Trinajstić information content (AvgIpc) is 2.19. The van der Waals surface area contributed by atoms with E-state index in [1.54, 1.807) is 14.2 Å². The SMILES string of the molecule is COCCN(C)C(CNC(C)(C)C)COC. The standard InChI is InChI=1S/C12H28N2O2/c1-12(2,3)13-9-11(10-16-6)14(4)7-8-15-5/h11,13H,7-10H2,1-6H3. The highest BCUT2D eigenvalue weighted by Crippen LogP contribution is 2.02. The van der Waals surface area contributed by atoms with Gasteiger partial charge in [0, 0.05) is 38.9 Å². The summed E-state index contributed by atoms with van der Waals surface area (Å²) in [6.07, 6.45) is 0. The fourth-order valence-corrected chi connectivity index (χ4v) is 1.38. The van der Waals surface area contributed by atoms with Crippen molar-refractivity contribution in [1.82, 2.24) is 10.2 Å². The van der Waals surface area contributed by atoms with E-state index in [4.69, 9.17) is 9.47 Å². The lowest BCUT2D eigenvalue weighted by atomic mass is 10.1. The molecule has 4 nitrogen and oxygen atoms in total. The number of nitrogens with one attached hydrogen (secondary N) is 1. The summed E-state index contributed by atoms with van der Waals surface area (Å²) >= 11 is 0. The summed E-state index contributed by atoms with van der Waals surface area (Å²) in [5.74, 6) is 0. The highest BCUT2D eigenvalue weighted by atomic mass is 16.5. The predicted molar refractivity (Wildman–Crippen MR) is 67.9 cm³/mol. The second kappa shape index (κ2) is 8.01. The topological polar surface area (TPSA) is 33.7 Å². The molecule has 0 aliphatic carbocycles. The van der Waals surface area contributed by atoms with Crippen molar-refractivity contribution in [3.63, 3.8) is 0 Å². The normalized spacial score (nSPS) is 14.4. The molecule has 4 heteroatoms. The third-order valence-corrected chi connectivity index (χ3v) is 2.50. The molecule has 0 aromatic rings. The molecule has 0 aromatic heterocycles. The maximum atomic E-state index is 5.25. The lowest BCUT2D eigenvalue weighted by molar-refractivity contribution is 0.0800. The van der Waals surface area contributed by atoms with Gasteiger partial charge in [0.1, 0.15) is 0 Å². The molecule has 0 aliphatic rings. The van der Waals surface area contributed by atoms with E-state index in [0.29, 0.717) is 6.04 Å². The quantitative estimate of drug-likeness (QED) is 0.676. The van der Waals surface area contributed by atoms with Gasteiger partial charge in [-0.2, -0.15) is 0 Å². The Hall–Kier alpha value is -0.160. The minimum Gasteiger partial charge on any atom is -0.383 e. The van der Waals surface area contributed by atoms with Crippen LogP contribution in [0.1, 0.15) is 20.8 Å². The molecule has 0 heterocycles. The van der Waals surface area contributed by atoms with Gasteiger partial charge in [-0.3, -0.25) is 4.90 Å². The van der Waals surface area contributed by atoms with Crippen LogP contribution >= 0.6 is 0 Å². The Morgan fingerprint density at radius 3 is 2.25 bits per heavy atom. The van der Waals surface area contributed by atoms with Crippen molar-refractivity contribution < 1.29 is 9.47 Å². The van der Waals surface area contributed by atoms with Gasteiger partial charge >= 0.3 is 0 Å². The highest BCUT2D eigenvalue weighted by Gasteiger charge is 2.17. The van der Waals surface area contributed by atoms with Gasteiger partial charge in [0.05, 0.1) is 13.2 Å². The van der Waals surface area contributed by atoms with Crippen molar-refractivity contribution in [1.29, 1.82) is 0 Å². The molecule has 0 fully saturated rings. The first-order chi connectivity index (χ1) is 7.40. The van der Waals surface area contributed by atoms with Crippen molar-refractivity contribution in [3.05, 3.63) is 0 Å². The van der Waals surface area contributed by atoms with E-state index in [1.807, 2.05) is 0 Å². The Kier molecular flexibility index (Phi) is 7.93. The van der Waals surface area contributed by atoms with Crippen LogP contribution < -0.4 is 5.32 Å². The zero-order chi connectivity index (χ0) is 12.6. The van der Waals surface area contributed by atoms with Gasteiger partial charge in [0.15, 0.2) is 0 Å². The molecule has 16 heavy (non-hydrogen) atoms. The first-order valence-corrected chi connectivity index (χ1v) is 5.84. The number of rotatable bonds is 8. The molecule has 1 unspecified atom stereocenters. The van der Waals surface area contributed by atoms with E-state index in [2.05, 4.69) is 38.0 Å². The summed E-state index contributed by atoms with van der Waals surface area (Å²) < 4.78 is 10.3. The molecular weight excluding hydrogens is 204 g/mol. The number of hydrogen-bond donors (Lipinski definition) is 1. The zero-order valence-electron chi connectivity index (χ0n) is 11.7. The Bertz CT molecular complexity index is 169. The van der Waals surface area contributed by atoms with Crippen LogP contribution in [-0.4, -0.2) is 64.1 Å². The van der Waals surface area contributed by atoms with E-state index in [-0.39, 0.29) is 5.54 Å². The summed E-state index contributed by atoms with van der Waals surface area (Å²) in [6, 6.07) is 0.388. The summed E-state index contributed by atoms with van der Waals surface area (Å²) in [7, 11) is 5.58. The molecular formula is C12H28N2O2. The molecule has 0 aliphatic heterocycles. The monoisotopic (exact) mass is 232 g/mol. The highest BCUT2D eigenvalue weighted by molar-refractivity contribution is 4.77. The summed E-state index contributed by atoms with van der Waals surface area (Å²) in [6.45, 7) is 9.87. The third-order valence-electron chi connectivity index (χ3n) is 2.50. The Balaban J connectivity index is 4.04. The van der Waals surface area contributed by atoms with Crippen LogP contribution in [0.25, 0.3) is 0 Å². The van der Waals surface area contributed by atoms with Crippen LogP contribution in [0.15, 0.2) is 0 Å². The molecule has 0 aromatic carbocycles. The molecule has 0 saturated carbocycles. The fraction of sp³-hybridized carbons (Fsp3) is 1.00. The van der Waals surface area contributed by atoms with E-state index in [0.717, 1.165) is 26.3 Å². The average molecular weight is 232 g/mol. The fourth-order valence-electron chi connectivity index (χ4n) is 1.38. The Morgan fingerprint density at radius 2 is 1.81 bits per heavy atom. The van der Waals surface area contributed by atoms with E-state index in [1.165, 1.54) is 0 Å². The lowest BCUT2D eigenvalue weighted by Crippen LogP contribution is -2.49. The van der Waals surface area contributed by atoms with Gasteiger partial charge in [0.25, 0.3) is 0 Å². The number of nitrogens with zero attached hydrogens (tertiary/aromatic N) is 1. The summed E-state index contributed by atoms with van der Waals surface area (Å²) in [5, 5.41) is 3.50. The minimum absolute atomic E-state index is 0.147. The molecule has 0 radical (unpaired) electrons. The van der Waals surface area contributed by atoms with Crippen molar-refractivity contribution in [2.24, 2.45) is 0 Å². The van der Waals surface area contributed by atoms with Crippen molar-refractivity contribution in [3.8, 4) is 0 Å². The number of ether oxygens (including phenoxy) is 2. The van der Waals surface area contributed by atoms with Crippen LogP contribution in [-0.2, 0) is 9.47 Å². The summed E-state index contributed by atoms with van der Waals surface area (Å²) in [5.41, 5.74) is 0.147. The second-order valence-corrected chi connectivity index (χ2v) is 5.21. The largest absolute Gasteiger partial charge is 0.383 e. The first kappa shape index (κ1) is 15.8. The Labute approximate surface area is 100 Å². The number of methoxy groups -OCH3 is 2. The van der Waals surface area contributed by atoms with Gasteiger partial charge in [-0.25, -0.2) is 0 Å². The van der Waals surface area contributed by atoms with Gasteiger partial charge in [-0.1, -0.05) is 0 Å². The minimum atomic E-state index is 0.147. The first-order valence-electron chi connectivity index (χ1n) is 5.84.